The van der Waals surface area contributed by atoms with E-state index in [1.165, 1.54) is 11.1 Å². The molecule has 0 spiro atoms. The van der Waals surface area contributed by atoms with Gasteiger partial charge in [-0.05, 0) is 36.8 Å². The molecular weight excluding hydrogens is 404 g/mol. The fourth-order valence-electron chi connectivity index (χ4n) is 4.68. The molecule has 5 nitrogen and oxygen atoms in total. The first-order valence-corrected chi connectivity index (χ1v) is 12.1. The zero-order chi connectivity index (χ0) is 21.3. The first kappa shape index (κ1) is 20.3. The van der Waals surface area contributed by atoms with Crippen LogP contribution in [0.1, 0.15) is 48.6 Å². The van der Waals surface area contributed by atoms with Gasteiger partial charge in [-0.3, -0.25) is 4.79 Å². The number of amides is 1. The predicted octanol–water partition coefficient (Wildman–Crippen LogP) is 4.55. The largest absolute Gasteiger partial charge is 0.342 e. The Morgan fingerprint density at radius 3 is 2.29 bits per heavy atom. The highest BCUT2D eigenvalue weighted by molar-refractivity contribution is 7.98. The fraction of sp³-hybridized carbons (Fsp3) is 0.400. The summed E-state index contributed by atoms with van der Waals surface area (Å²) in [4.78, 5) is 15.4. The molecule has 0 unspecified atom stereocenters. The zero-order valence-corrected chi connectivity index (χ0v) is 18.7. The third-order valence-electron chi connectivity index (χ3n) is 6.71. The average molecular weight is 433 g/mol. The molecule has 6 heteroatoms. The van der Waals surface area contributed by atoms with Gasteiger partial charge in [0, 0.05) is 31.8 Å². The smallest absolute Gasteiger partial charge is 0.233 e. The van der Waals surface area contributed by atoms with E-state index >= 15 is 0 Å². The maximum absolute atomic E-state index is 13.3. The molecule has 2 aliphatic rings. The molecule has 31 heavy (non-hydrogen) atoms. The summed E-state index contributed by atoms with van der Waals surface area (Å²) in [5.41, 5.74) is 2.20. The van der Waals surface area contributed by atoms with Crippen LogP contribution in [-0.2, 0) is 23.0 Å². The zero-order valence-electron chi connectivity index (χ0n) is 17.9. The summed E-state index contributed by atoms with van der Waals surface area (Å²) in [6.07, 6.45) is 3.85. The van der Waals surface area contributed by atoms with Gasteiger partial charge in [-0.2, -0.15) is 0 Å². The Morgan fingerprint density at radius 1 is 1.00 bits per heavy atom. The van der Waals surface area contributed by atoms with Crippen LogP contribution in [0.4, 0.5) is 0 Å². The van der Waals surface area contributed by atoms with Crippen LogP contribution in [0.15, 0.2) is 65.8 Å². The quantitative estimate of drug-likeness (QED) is 0.537. The number of aromatic nitrogens is 3. The van der Waals surface area contributed by atoms with Crippen molar-refractivity contribution in [3.05, 3.63) is 77.6 Å². The molecule has 0 radical (unpaired) electrons. The number of rotatable bonds is 6. The van der Waals surface area contributed by atoms with Gasteiger partial charge in [0.15, 0.2) is 5.16 Å². The van der Waals surface area contributed by atoms with Crippen LogP contribution in [0.3, 0.4) is 0 Å². The SMILES string of the molecule is Cn1c(SCc2ccccc2)nnc1C1CCN(C(=O)C2(c3ccccc3)CC2)CC1. The number of likely N-dealkylation sites (tertiary alicyclic amines) is 1. The summed E-state index contributed by atoms with van der Waals surface area (Å²) < 4.78 is 2.14. The van der Waals surface area contributed by atoms with Crippen LogP contribution < -0.4 is 0 Å². The molecule has 0 N–H and O–H groups in total. The van der Waals surface area contributed by atoms with Gasteiger partial charge < -0.3 is 9.47 Å². The highest BCUT2D eigenvalue weighted by Gasteiger charge is 2.53. The Labute approximate surface area is 187 Å². The van der Waals surface area contributed by atoms with E-state index in [0.717, 1.165) is 55.5 Å². The molecule has 1 saturated carbocycles. The molecule has 1 aliphatic carbocycles. The normalized spacial score (nSPS) is 18.2. The molecule has 2 heterocycles. The number of nitrogens with zero attached hydrogens (tertiary/aromatic N) is 4. The Morgan fingerprint density at radius 2 is 1.65 bits per heavy atom. The number of piperidine rings is 1. The Hall–Kier alpha value is -2.60. The van der Waals surface area contributed by atoms with Crippen molar-refractivity contribution in [2.75, 3.05) is 13.1 Å². The molecule has 0 atom stereocenters. The van der Waals surface area contributed by atoms with Gasteiger partial charge >= 0.3 is 0 Å². The molecule has 2 aromatic carbocycles. The van der Waals surface area contributed by atoms with Crippen LogP contribution >= 0.6 is 11.8 Å². The van der Waals surface area contributed by atoms with Crippen LogP contribution in [0, 0.1) is 0 Å². The number of hydrogen-bond acceptors (Lipinski definition) is 4. The minimum atomic E-state index is -0.264. The molecule has 1 amide bonds. The van der Waals surface area contributed by atoms with Gasteiger partial charge in [-0.15, -0.1) is 10.2 Å². The van der Waals surface area contributed by atoms with E-state index in [1.54, 1.807) is 11.8 Å². The molecule has 160 valence electrons. The van der Waals surface area contributed by atoms with Gasteiger partial charge in [0.2, 0.25) is 5.91 Å². The van der Waals surface area contributed by atoms with Crippen molar-refractivity contribution < 1.29 is 4.79 Å². The average Bonchev–Trinajstić information content (AvgIpc) is 3.56. The topological polar surface area (TPSA) is 51.0 Å². The van der Waals surface area contributed by atoms with E-state index in [0.29, 0.717) is 11.8 Å². The lowest BCUT2D eigenvalue weighted by molar-refractivity contribution is -0.135. The van der Waals surface area contributed by atoms with Crippen LogP contribution in [0.25, 0.3) is 0 Å². The lowest BCUT2D eigenvalue weighted by Gasteiger charge is -2.34. The van der Waals surface area contributed by atoms with E-state index in [1.807, 2.05) is 24.3 Å². The minimum Gasteiger partial charge on any atom is -0.342 e. The second kappa shape index (κ2) is 8.50. The molecule has 0 bridgehead atoms. The molecule has 1 aromatic heterocycles. The maximum Gasteiger partial charge on any atom is 0.233 e. The summed E-state index contributed by atoms with van der Waals surface area (Å²) >= 11 is 1.72. The van der Waals surface area contributed by atoms with Crippen LogP contribution in [-0.4, -0.2) is 38.7 Å². The van der Waals surface area contributed by atoms with Gasteiger partial charge in [0.1, 0.15) is 5.82 Å². The highest BCUT2D eigenvalue weighted by Crippen LogP contribution is 2.50. The minimum absolute atomic E-state index is 0.264. The second-order valence-electron chi connectivity index (χ2n) is 8.69. The fourth-order valence-corrected chi connectivity index (χ4v) is 5.56. The molecule has 1 saturated heterocycles. The molecule has 3 aromatic rings. The lowest BCUT2D eigenvalue weighted by Crippen LogP contribution is -2.43. The van der Waals surface area contributed by atoms with Crippen molar-refractivity contribution in [1.29, 1.82) is 0 Å². The standard InChI is InChI=1S/C25H28N4OS/c1-28-22(26-27-24(28)31-18-19-8-4-2-5-9-19)20-12-16-29(17-13-20)23(30)25(14-15-25)21-10-6-3-7-11-21/h2-11,20H,12-18H2,1H3. The third-order valence-corrected chi connectivity index (χ3v) is 7.80. The predicted molar refractivity (Wildman–Crippen MR) is 123 cm³/mol. The van der Waals surface area contributed by atoms with Gasteiger partial charge in [0.25, 0.3) is 0 Å². The summed E-state index contributed by atoms with van der Waals surface area (Å²) in [7, 11) is 2.06. The summed E-state index contributed by atoms with van der Waals surface area (Å²) in [5.74, 6) is 2.61. The second-order valence-corrected chi connectivity index (χ2v) is 9.63. The van der Waals surface area contributed by atoms with E-state index in [-0.39, 0.29) is 5.41 Å². The van der Waals surface area contributed by atoms with Crippen molar-refractivity contribution in [3.63, 3.8) is 0 Å². The van der Waals surface area contributed by atoms with Crippen molar-refractivity contribution in [2.24, 2.45) is 7.05 Å². The van der Waals surface area contributed by atoms with E-state index < -0.39 is 0 Å². The van der Waals surface area contributed by atoms with E-state index in [4.69, 9.17) is 0 Å². The third kappa shape index (κ3) is 4.01. The van der Waals surface area contributed by atoms with Crippen molar-refractivity contribution in [2.45, 2.75) is 47.9 Å². The number of hydrogen-bond donors (Lipinski definition) is 0. The lowest BCUT2D eigenvalue weighted by atomic mass is 9.91. The highest BCUT2D eigenvalue weighted by atomic mass is 32.2. The number of thioether (sulfide) groups is 1. The summed E-state index contributed by atoms with van der Waals surface area (Å²) in [5, 5.41) is 9.92. The molecule has 2 fully saturated rings. The molecular formula is C25H28N4OS. The number of carbonyl (C=O) groups excluding carboxylic acids is 1. The molecule has 5 rings (SSSR count). The number of benzene rings is 2. The Bertz CT molecular complexity index is 1040. The first-order chi connectivity index (χ1) is 15.2. The van der Waals surface area contributed by atoms with Crippen LogP contribution in [0.5, 0.6) is 0 Å². The van der Waals surface area contributed by atoms with Crippen molar-refractivity contribution in [3.8, 4) is 0 Å². The maximum atomic E-state index is 13.3. The monoisotopic (exact) mass is 432 g/mol. The Balaban J connectivity index is 1.20. The first-order valence-electron chi connectivity index (χ1n) is 11.1. The number of carbonyl (C=O) groups is 1. The van der Waals surface area contributed by atoms with Crippen LogP contribution in [0.2, 0.25) is 0 Å². The van der Waals surface area contributed by atoms with E-state index in [9.17, 15) is 4.79 Å². The summed E-state index contributed by atoms with van der Waals surface area (Å²) in [6, 6.07) is 20.7. The molecule has 1 aliphatic heterocycles. The summed E-state index contributed by atoms with van der Waals surface area (Å²) in [6.45, 7) is 1.61. The van der Waals surface area contributed by atoms with Gasteiger partial charge in [-0.1, -0.05) is 72.4 Å². The van der Waals surface area contributed by atoms with Crippen molar-refractivity contribution >= 4 is 17.7 Å². The van der Waals surface area contributed by atoms with Crippen molar-refractivity contribution in [1.82, 2.24) is 19.7 Å². The van der Waals surface area contributed by atoms with Gasteiger partial charge in [0.05, 0.1) is 5.41 Å². The van der Waals surface area contributed by atoms with Gasteiger partial charge in [-0.25, -0.2) is 0 Å². The van der Waals surface area contributed by atoms with E-state index in [2.05, 4.69) is 63.1 Å². The Kier molecular flexibility index (Phi) is 5.57.